The third-order valence-corrected chi connectivity index (χ3v) is 4.28. The van der Waals surface area contributed by atoms with Crippen LogP contribution in [0.1, 0.15) is 24.8 Å². The number of nitrogens with one attached hydrogen (secondary N) is 2. The molecule has 0 bridgehead atoms. The van der Waals surface area contributed by atoms with Crippen molar-refractivity contribution in [2.75, 3.05) is 11.9 Å². The predicted octanol–water partition coefficient (Wildman–Crippen LogP) is 1.72. The number of aromatic nitrogens is 1. The molecule has 0 spiro atoms. The van der Waals surface area contributed by atoms with Crippen LogP contribution in [0, 0.1) is 18.8 Å². The van der Waals surface area contributed by atoms with Gasteiger partial charge in [0.05, 0.1) is 6.04 Å². The van der Waals surface area contributed by atoms with Crippen molar-refractivity contribution in [1.29, 1.82) is 0 Å². The van der Waals surface area contributed by atoms with Gasteiger partial charge in [0.1, 0.15) is 5.82 Å². The molecule has 18 heavy (non-hydrogen) atoms. The van der Waals surface area contributed by atoms with Crippen LogP contribution in [0.4, 0.5) is 5.82 Å². The predicted molar refractivity (Wildman–Crippen MR) is 70.2 cm³/mol. The maximum absolute atomic E-state index is 12.3. The Morgan fingerprint density at radius 1 is 1.50 bits per heavy atom. The highest BCUT2D eigenvalue weighted by molar-refractivity contribution is 5.95. The van der Waals surface area contributed by atoms with Crippen molar-refractivity contribution in [3.63, 3.8) is 0 Å². The first kappa shape index (κ1) is 11.7. The van der Waals surface area contributed by atoms with Crippen molar-refractivity contribution in [2.45, 2.75) is 32.2 Å². The van der Waals surface area contributed by atoms with Crippen LogP contribution < -0.4 is 10.6 Å². The Morgan fingerprint density at radius 3 is 3.22 bits per heavy atom. The monoisotopic (exact) mass is 245 g/mol. The topological polar surface area (TPSA) is 54.0 Å². The van der Waals surface area contributed by atoms with Crippen LogP contribution in [0.3, 0.4) is 0 Å². The molecule has 1 amide bonds. The number of rotatable bonds is 2. The highest BCUT2D eigenvalue weighted by Crippen LogP contribution is 2.37. The van der Waals surface area contributed by atoms with E-state index in [2.05, 4.69) is 15.6 Å². The van der Waals surface area contributed by atoms with Crippen molar-refractivity contribution in [1.82, 2.24) is 10.3 Å². The molecule has 96 valence electrons. The fraction of sp³-hybridized carbons (Fsp3) is 0.571. The normalized spacial score (nSPS) is 30.2. The van der Waals surface area contributed by atoms with E-state index in [0.717, 1.165) is 12.1 Å². The molecule has 4 nitrogen and oxygen atoms in total. The molecule has 0 radical (unpaired) electrons. The van der Waals surface area contributed by atoms with Gasteiger partial charge >= 0.3 is 0 Å². The molecule has 1 aromatic rings. The van der Waals surface area contributed by atoms with E-state index in [1.807, 2.05) is 19.1 Å². The molecule has 2 aliphatic rings. The summed E-state index contributed by atoms with van der Waals surface area (Å²) in [5.41, 5.74) is 1.01. The third kappa shape index (κ3) is 2.01. The number of pyridine rings is 1. The smallest absolute Gasteiger partial charge is 0.242 e. The quantitative estimate of drug-likeness (QED) is 0.834. The zero-order valence-electron chi connectivity index (χ0n) is 10.6. The molecule has 1 aliphatic carbocycles. The summed E-state index contributed by atoms with van der Waals surface area (Å²) >= 11 is 0. The first-order valence-corrected chi connectivity index (χ1v) is 6.71. The highest BCUT2D eigenvalue weighted by Gasteiger charge is 2.42. The van der Waals surface area contributed by atoms with E-state index in [1.165, 1.54) is 19.3 Å². The zero-order valence-corrected chi connectivity index (χ0v) is 10.6. The van der Waals surface area contributed by atoms with Crippen molar-refractivity contribution in [3.8, 4) is 0 Å². The van der Waals surface area contributed by atoms with E-state index in [0.29, 0.717) is 17.7 Å². The number of carbonyl (C=O) groups excluding carboxylic acids is 1. The number of hydrogen-bond acceptors (Lipinski definition) is 3. The van der Waals surface area contributed by atoms with Crippen LogP contribution in [-0.2, 0) is 4.79 Å². The molecule has 0 aromatic carbocycles. The van der Waals surface area contributed by atoms with Gasteiger partial charge in [-0.15, -0.1) is 0 Å². The van der Waals surface area contributed by atoms with Gasteiger partial charge in [-0.1, -0.05) is 12.5 Å². The molecule has 1 saturated carbocycles. The average molecular weight is 245 g/mol. The summed E-state index contributed by atoms with van der Waals surface area (Å²) in [5, 5.41) is 6.31. The lowest BCUT2D eigenvalue weighted by molar-refractivity contribution is -0.118. The SMILES string of the molecule is Cc1cccnc1NC(=O)C1NCC2CCCC21. The minimum Gasteiger partial charge on any atom is -0.309 e. The Morgan fingerprint density at radius 2 is 2.39 bits per heavy atom. The van der Waals surface area contributed by atoms with Crippen molar-refractivity contribution >= 4 is 11.7 Å². The third-order valence-electron chi connectivity index (χ3n) is 4.28. The van der Waals surface area contributed by atoms with Gasteiger partial charge in [0.2, 0.25) is 5.91 Å². The Bertz CT molecular complexity index is 460. The summed E-state index contributed by atoms with van der Waals surface area (Å²) in [6, 6.07) is 3.81. The number of anilines is 1. The maximum atomic E-state index is 12.3. The standard InChI is InChI=1S/C14H19N3O/c1-9-4-3-7-15-13(9)17-14(18)12-11-6-2-5-10(11)8-16-12/h3-4,7,10-12,16H,2,5-6,8H2,1H3,(H,15,17,18). The second kappa shape index (κ2) is 4.69. The Kier molecular flexibility index (Phi) is 3.04. The van der Waals surface area contributed by atoms with Gasteiger partial charge in [0.15, 0.2) is 0 Å². The molecule has 1 aliphatic heterocycles. The summed E-state index contributed by atoms with van der Waals surface area (Å²) < 4.78 is 0. The lowest BCUT2D eigenvalue weighted by Gasteiger charge is -2.17. The molecule has 3 atom stereocenters. The van der Waals surface area contributed by atoms with Crippen LogP contribution in [0.2, 0.25) is 0 Å². The summed E-state index contributed by atoms with van der Waals surface area (Å²) in [6.45, 7) is 2.95. The largest absolute Gasteiger partial charge is 0.309 e. The van der Waals surface area contributed by atoms with Gasteiger partial charge < -0.3 is 10.6 Å². The van der Waals surface area contributed by atoms with Crippen LogP contribution in [0.25, 0.3) is 0 Å². The fourth-order valence-electron chi connectivity index (χ4n) is 3.29. The molecule has 3 unspecified atom stereocenters. The number of aryl methyl sites for hydroxylation is 1. The second-order valence-corrected chi connectivity index (χ2v) is 5.40. The van der Waals surface area contributed by atoms with Crippen LogP contribution in [0.15, 0.2) is 18.3 Å². The minimum atomic E-state index is -0.0288. The van der Waals surface area contributed by atoms with Crippen LogP contribution in [0.5, 0.6) is 0 Å². The fourth-order valence-corrected chi connectivity index (χ4v) is 3.29. The summed E-state index contributed by atoms with van der Waals surface area (Å²) in [6.07, 6.45) is 5.42. The van der Waals surface area contributed by atoms with Crippen LogP contribution in [-0.4, -0.2) is 23.5 Å². The highest BCUT2D eigenvalue weighted by atomic mass is 16.2. The number of fused-ring (bicyclic) bond motifs is 1. The molecular weight excluding hydrogens is 226 g/mol. The maximum Gasteiger partial charge on any atom is 0.242 e. The van der Waals surface area contributed by atoms with E-state index in [9.17, 15) is 4.79 Å². The van der Waals surface area contributed by atoms with Crippen molar-refractivity contribution < 1.29 is 4.79 Å². The summed E-state index contributed by atoms with van der Waals surface area (Å²) in [7, 11) is 0. The zero-order chi connectivity index (χ0) is 12.5. The summed E-state index contributed by atoms with van der Waals surface area (Å²) in [5.74, 6) is 1.98. The number of amides is 1. The molecule has 2 N–H and O–H groups in total. The molecule has 4 heteroatoms. The molecular formula is C14H19N3O. The average Bonchev–Trinajstić information content (AvgIpc) is 2.93. The number of carbonyl (C=O) groups is 1. The molecule has 2 fully saturated rings. The van der Waals surface area contributed by atoms with Gasteiger partial charge in [-0.2, -0.15) is 0 Å². The van der Waals surface area contributed by atoms with E-state index in [1.54, 1.807) is 6.20 Å². The van der Waals surface area contributed by atoms with E-state index in [-0.39, 0.29) is 11.9 Å². The van der Waals surface area contributed by atoms with Gasteiger partial charge in [-0.25, -0.2) is 4.98 Å². The lowest BCUT2D eigenvalue weighted by Crippen LogP contribution is -2.40. The Labute approximate surface area is 107 Å². The first-order chi connectivity index (χ1) is 8.75. The number of hydrogen-bond donors (Lipinski definition) is 2. The van der Waals surface area contributed by atoms with Gasteiger partial charge in [-0.05, 0) is 49.8 Å². The van der Waals surface area contributed by atoms with Crippen LogP contribution >= 0.6 is 0 Å². The van der Waals surface area contributed by atoms with E-state index >= 15 is 0 Å². The van der Waals surface area contributed by atoms with Gasteiger partial charge in [-0.3, -0.25) is 4.79 Å². The lowest BCUT2D eigenvalue weighted by atomic mass is 9.93. The molecule has 1 saturated heterocycles. The Hall–Kier alpha value is -1.42. The van der Waals surface area contributed by atoms with E-state index < -0.39 is 0 Å². The van der Waals surface area contributed by atoms with E-state index in [4.69, 9.17) is 0 Å². The second-order valence-electron chi connectivity index (χ2n) is 5.40. The van der Waals surface area contributed by atoms with Crippen molar-refractivity contribution in [2.24, 2.45) is 11.8 Å². The van der Waals surface area contributed by atoms with Gasteiger partial charge in [0.25, 0.3) is 0 Å². The summed E-state index contributed by atoms with van der Waals surface area (Å²) in [4.78, 5) is 16.5. The molecule has 1 aromatic heterocycles. The molecule has 2 heterocycles. The van der Waals surface area contributed by atoms with Crippen molar-refractivity contribution in [3.05, 3.63) is 23.9 Å². The first-order valence-electron chi connectivity index (χ1n) is 6.71. The van der Waals surface area contributed by atoms with Gasteiger partial charge in [0, 0.05) is 6.20 Å². The number of nitrogens with zero attached hydrogens (tertiary/aromatic N) is 1. The minimum absolute atomic E-state index is 0.0288. The molecule has 3 rings (SSSR count). The Balaban J connectivity index is 1.70.